The van der Waals surface area contributed by atoms with Crippen molar-refractivity contribution >= 4 is 29.9 Å². The number of hydrogen-bond donors (Lipinski definition) is 2. The van der Waals surface area contributed by atoms with Gasteiger partial charge in [0.05, 0.1) is 11.6 Å². The normalized spacial score (nSPS) is 17.2. The number of guanidine groups is 1. The minimum atomic E-state index is -4.32. The van der Waals surface area contributed by atoms with E-state index in [0.29, 0.717) is 17.6 Å². The summed E-state index contributed by atoms with van der Waals surface area (Å²) in [5, 5.41) is 6.40. The van der Waals surface area contributed by atoms with Crippen LogP contribution >= 0.6 is 24.0 Å². The van der Waals surface area contributed by atoms with Crippen LogP contribution in [0, 0.1) is 0 Å². The summed E-state index contributed by atoms with van der Waals surface area (Å²) >= 11 is 0. The van der Waals surface area contributed by atoms with Crippen molar-refractivity contribution in [1.29, 1.82) is 0 Å². The van der Waals surface area contributed by atoms with Gasteiger partial charge in [-0.3, -0.25) is 4.99 Å². The Kier molecular flexibility index (Phi) is 6.96. The van der Waals surface area contributed by atoms with Gasteiger partial charge >= 0.3 is 6.18 Å². The van der Waals surface area contributed by atoms with Crippen molar-refractivity contribution in [1.82, 2.24) is 10.6 Å². The molecule has 2 N–H and O–H groups in total. The lowest BCUT2D eigenvalue weighted by atomic mass is 9.93. The molecule has 1 aromatic carbocycles. The lowest BCUT2D eigenvalue weighted by molar-refractivity contribution is -0.137. The van der Waals surface area contributed by atoms with Gasteiger partial charge in [-0.25, -0.2) is 0 Å². The molecule has 0 heterocycles. The van der Waals surface area contributed by atoms with E-state index in [0.717, 1.165) is 18.9 Å². The summed E-state index contributed by atoms with van der Waals surface area (Å²) in [4.78, 5) is 4.12. The number of nitrogens with one attached hydrogen (secondary N) is 2. The second-order valence-corrected chi connectivity index (χ2v) is 5.33. The lowest BCUT2D eigenvalue weighted by Crippen LogP contribution is -2.46. The van der Waals surface area contributed by atoms with Gasteiger partial charge in [-0.2, -0.15) is 13.2 Å². The third-order valence-electron chi connectivity index (χ3n) is 3.74. The van der Waals surface area contributed by atoms with E-state index in [1.54, 1.807) is 13.1 Å². The van der Waals surface area contributed by atoms with Crippen LogP contribution in [0.3, 0.4) is 0 Å². The molecule has 1 saturated carbocycles. The highest BCUT2D eigenvalue weighted by atomic mass is 127. The number of rotatable bonds is 3. The molecule has 1 fully saturated rings. The molecule has 0 saturated heterocycles. The van der Waals surface area contributed by atoms with Gasteiger partial charge in [-0.05, 0) is 43.9 Å². The fraction of sp³-hybridized carbons (Fsp3) is 0.533. The maximum Gasteiger partial charge on any atom is 0.416 e. The molecule has 0 aliphatic heterocycles. The SMILES string of the molecule is CN=C(NC1CCC1)NC(C)c1cccc(C(F)(F)F)c1.I. The quantitative estimate of drug-likeness (QED) is 0.433. The maximum atomic E-state index is 12.7. The van der Waals surface area contributed by atoms with Crippen LogP contribution in [0.4, 0.5) is 13.2 Å². The summed E-state index contributed by atoms with van der Waals surface area (Å²) in [7, 11) is 1.66. The fourth-order valence-electron chi connectivity index (χ4n) is 2.19. The van der Waals surface area contributed by atoms with Crippen LogP contribution < -0.4 is 10.6 Å². The van der Waals surface area contributed by atoms with Crippen molar-refractivity contribution in [3.05, 3.63) is 35.4 Å². The molecule has 0 amide bonds. The zero-order valence-electron chi connectivity index (χ0n) is 12.6. The Hall–Kier alpha value is -0.990. The van der Waals surface area contributed by atoms with Gasteiger partial charge in [-0.1, -0.05) is 12.1 Å². The molecule has 0 aromatic heterocycles. The van der Waals surface area contributed by atoms with E-state index in [4.69, 9.17) is 0 Å². The Balaban J connectivity index is 0.00000242. The van der Waals surface area contributed by atoms with Gasteiger partial charge in [0.25, 0.3) is 0 Å². The first-order chi connectivity index (χ1) is 9.90. The fourth-order valence-corrected chi connectivity index (χ4v) is 2.19. The van der Waals surface area contributed by atoms with Gasteiger partial charge in [0.15, 0.2) is 5.96 Å². The van der Waals surface area contributed by atoms with Gasteiger partial charge in [0.1, 0.15) is 0 Å². The van der Waals surface area contributed by atoms with Crippen LogP contribution in [0.1, 0.15) is 43.4 Å². The molecule has 0 bridgehead atoms. The second-order valence-electron chi connectivity index (χ2n) is 5.33. The first-order valence-electron chi connectivity index (χ1n) is 7.07. The highest BCUT2D eigenvalue weighted by Gasteiger charge is 2.30. The Labute approximate surface area is 145 Å². The summed E-state index contributed by atoms with van der Waals surface area (Å²) in [5.41, 5.74) is -0.0445. The molecule has 1 unspecified atom stereocenters. The number of hydrogen-bond acceptors (Lipinski definition) is 1. The third-order valence-corrected chi connectivity index (χ3v) is 3.74. The first kappa shape index (κ1) is 19.1. The van der Waals surface area contributed by atoms with Gasteiger partial charge in [-0.15, -0.1) is 24.0 Å². The molecule has 0 spiro atoms. The lowest BCUT2D eigenvalue weighted by Gasteiger charge is -2.29. The van der Waals surface area contributed by atoms with Crippen molar-refractivity contribution in [2.45, 2.75) is 44.4 Å². The van der Waals surface area contributed by atoms with Crippen molar-refractivity contribution in [2.24, 2.45) is 4.99 Å². The number of benzene rings is 1. The minimum absolute atomic E-state index is 0. The summed E-state index contributed by atoms with van der Waals surface area (Å²) in [6.07, 6.45) is -0.892. The molecular weight excluding hydrogens is 406 g/mol. The third kappa shape index (κ3) is 5.03. The van der Waals surface area contributed by atoms with Gasteiger partial charge in [0.2, 0.25) is 0 Å². The highest BCUT2D eigenvalue weighted by Crippen LogP contribution is 2.30. The van der Waals surface area contributed by atoms with Gasteiger partial charge in [0, 0.05) is 13.1 Å². The average Bonchev–Trinajstić information content (AvgIpc) is 2.40. The predicted octanol–water partition coefficient (Wildman–Crippen LogP) is 4.10. The zero-order valence-corrected chi connectivity index (χ0v) is 14.9. The maximum absolute atomic E-state index is 12.7. The summed E-state index contributed by atoms with van der Waals surface area (Å²) < 4.78 is 38.2. The molecule has 0 radical (unpaired) electrons. The largest absolute Gasteiger partial charge is 0.416 e. The number of halogens is 4. The molecule has 1 aromatic rings. The summed E-state index contributed by atoms with van der Waals surface area (Å²) in [6.45, 7) is 1.82. The van der Waals surface area contributed by atoms with E-state index in [-0.39, 0.29) is 30.0 Å². The molecule has 1 atom stereocenters. The van der Waals surface area contributed by atoms with Crippen molar-refractivity contribution < 1.29 is 13.2 Å². The molecule has 3 nitrogen and oxygen atoms in total. The van der Waals surface area contributed by atoms with Crippen molar-refractivity contribution in [3.63, 3.8) is 0 Å². The van der Waals surface area contributed by atoms with Crippen LogP contribution in [0.5, 0.6) is 0 Å². The smallest absolute Gasteiger partial charge is 0.354 e. The molecule has 2 rings (SSSR count). The Morgan fingerprint density at radius 3 is 2.50 bits per heavy atom. The van der Waals surface area contributed by atoms with E-state index in [1.807, 2.05) is 6.92 Å². The Morgan fingerprint density at radius 1 is 1.32 bits per heavy atom. The van der Waals surface area contributed by atoms with Gasteiger partial charge < -0.3 is 10.6 Å². The molecule has 124 valence electrons. The second kappa shape index (κ2) is 8.03. The van der Waals surface area contributed by atoms with Crippen LogP contribution in [-0.2, 0) is 6.18 Å². The van der Waals surface area contributed by atoms with Crippen LogP contribution in [0.15, 0.2) is 29.3 Å². The minimum Gasteiger partial charge on any atom is -0.354 e. The standard InChI is InChI=1S/C15H20F3N3.HI/c1-10(20-14(19-2)21-13-7-4-8-13)11-5-3-6-12(9-11)15(16,17)18;/h3,5-6,9-10,13H,4,7-8H2,1-2H3,(H2,19,20,21);1H. The Bertz CT molecular complexity index is 513. The van der Waals surface area contributed by atoms with Crippen LogP contribution in [0.25, 0.3) is 0 Å². The van der Waals surface area contributed by atoms with Crippen LogP contribution in [0.2, 0.25) is 0 Å². The highest BCUT2D eigenvalue weighted by molar-refractivity contribution is 14.0. The topological polar surface area (TPSA) is 36.4 Å². The van der Waals surface area contributed by atoms with E-state index >= 15 is 0 Å². The number of aliphatic imine (C=N–C) groups is 1. The molecular formula is C15H21F3IN3. The number of alkyl halides is 3. The Morgan fingerprint density at radius 2 is 2.00 bits per heavy atom. The van der Waals surface area contributed by atoms with Crippen LogP contribution in [-0.4, -0.2) is 19.0 Å². The van der Waals surface area contributed by atoms with E-state index in [9.17, 15) is 13.2 Å². The predicted molar refractivity (Wildman–Crippen MR) is 92.5 cm³/mol. The molecule has 1 aliphatic rings. The number of nitrogens with zero attached hydrogens (tertiary/aromatic N) is 1. The summed E-state index contributed by atoms with van der Waals surface area (Å²) in [5.74, 6) is 0.629. The molecule has 22 heavy (non-hydrogen) atoms. The monoisotopic (exact) mass is 427 g/mol. The summed E-state index contributed by atoms with van der Waals surface area (Å²) in [6, 6.07) is 5.54. The molecule has 1 aliphatic carbocycles. The van der Waals surface area contributed by atoms with E-state index in [2.05, 4.69) is 15.6 Å². The van der Waals surface area contributed by atoms with Crippen molar-refractivity contribution in [3.8, 4) is 0 Å². The van der Waals surface area contributed by atoms with Crippen molar-refractivity contribution in [2.75, 3.05) is 7.05 Å². The molecule has 7 heteroatoms. The average molecular weight is 427 g/mol. The first-order valence-corrected chi connectivity index (χ1v) is 7.07. The van der Waals surface area contributed by atoms with E-state index in [1.165, 1.54) is 18.6 Å². The zero-order chi connectivity index (χ0) is 15.5. The van der Waals surface area contributed by atoms with E-state index < -0.39 is 11.7 Å².